The number of carboxylic acid groups (broad SMARTS) is 1. The van der Waals surface area contributed by atoms with Gasteiger partial charge >= 0.3 is 11.9 Å². The Balaban J connectivity index is 1.76. The Bertz CT molecular complexity index is 783. The SMILES string of the molecule is CC1(C)S[C@@H]2[C@H](NC(=O)[C@H](N)c3ccc(O)cc3)C(=O)[N+]2([O-])[C@H]1C(=O)O. The van der Waals surface area contributed by atoms with E-state index in [0.717, 1.165) is 11.8 Å². The smallest absolute Gasteiger partial charge is 0.364 e. The summed E-state index contributed by atoms with van der Waals surface area (Å²) in [5.74, 6) is -2.85. The molecule has 2 aliphatic heterocycles. The van der Waals surface area contributed by atoms with Crippen molar-refractivity contribution < 1.29 is 29.2 Å². The van der Waals surface area contributed by atoms with Crippen LogP contribution in [0.25, 0.3) is 0 Å². The minimum atomic E-state index is -1.48. The summed E-state index contributed by atoms with van der Waals surface area (Å²) in [6.45, 7) is 3.20. The Morgan fingerprint density at radius 1 is 1.35 bits per heavy atom. The van der Waals surface area contributed by atoms with Crippen molar-refractivity contribution in [3.63, 3.8) is 0 Å². The van der Waals surface area contributed by atoms with Crippen LogP contribution < -0.4 is 11.1 Å². The van der Waals surface area contributed by atoms with E-state index in [-0.39, 0.29) is 5.75 Å². The number of quaternary nitrogens is 1. The summed E-state index contributed by atoms with van der Waals surface area (Å²) in [6, 6.07) is 2.11. The van der Waals surface area contributed by atoms with Gasteiger partial charge in [0.25, 0.3) is 0 Å². The zero-order chi connectivity index (χ0) is 19.4. The molecule has 2 fully saturated rings. The number of carbonyl (C=O) groups is 3. The summed E-state index contributed by atoms with van der Waals surface area (Å²) in [5.41, 5.74) is 6.30. The van der Waals surface area contributed by atoms with E-state index in [0.29, 0.717) is 5.56 Å². The van der Waals surface area contributed by atoms with Gasteiger partial charge in [-0.2, -0.15) is 0 Å². The van der Waals surface area contributed by atoms with Crippen LogP contribution in [-0.4, -0.2) is 54.8 Å². The topological polar surface area (TPSA) is 153 Å². The van der Waals surface area contributed by atoms with E-state index in [1.807, 2.05) is 0 Å². The highest BCUT2D eigenvalue weighted by molar-refractivity contribution is 8.01. The van der Waals surface area contributed by atoms with Crippen molar-refractivity contribution in [2.45, 2.75) is 42.1 Å². The maximum atomic E-state index is 12.9. The molecule has 0 saturated carbocycles. The zero-order valence-electron chi connectivity index (χ0n) is 14.1. The number of thioether (sulfide) groups is 1. The highest BCUT2D eigenvalue weighted by Crippen LogP contribution is 2.56. The highest BCUT2D eigenvalue weighted by atomic mass is 32.2. The lowest BCUT2D eigenvalue weighted by atomic mass is 9.94. The summed E-state index contributed by atoms with van der Waals surface area (Å²) >= 11 is 1.09. The molecular formula is C16H19N3O6S. The zero-order valence-corrected chi connectivity index (χ0v) is 14.9. The van der Waals surface area contributed by atoms with Gasteiger partial charge < -0.3 is 26.5 Å². The Hall–Kier alpha value is -2.14. The normalized spacial score (nSPS) is 33.1. The van der Waals surface area contributed by atoms with Crippen molar-refractivity contribution in [1.82, 2.24) is 5.32 Å². The fraction of sp³-hybridized carbons (Fsp3) is 0.438. The van der Waals surface area contributed by atoms with Crippen LogP contribution in [0.5, 0.6) is 5.75 Å². The van der Waals surface area contributed by atoms with Crippen LogP contribution in [0.1, 0.15) is 25.5 Å². The van der Waals surface area contributed by atoms with Gasteiger partial charge in [0, 0.05) is 0 Å². The minimum absolute atomic E-state index is 0.0215. The Morgan fingerprint density at radius 2 is 1.92 bits per heavy atom. The number of hydrogen-bond donors (Lipinski definition) is 4. The van der Waals surface area contributed by atoms with Gasteiger partial charge in [0.1, 0.15) is 11.8 Å². The molecular weight excluding hydrogens is 362 g/mol. The van der Waals surface area contributed by atoms with Crippen molar-refractivity contribution in [3.8, 4) is 5.75 Å². The molecule has 2 aliphatic rings. The third-order valence-electron chi connectivity index (χ3n) is 4.81. The molecule has 3 rings (SSSR count). The quantitative estimate of drug-likeness (QED) is 0.324. The Morgan fingerprint density at radius 3 is 2.46 bits per heavy atom. The number of fused-ring (bicyclic) bond motifs is 1. The molecule has 0 radical (unpaired) electrons. The number of β-lactam (4-membered cyclic amide) rings is 1. The van der Waals surface area contributed by atoms with Crippen molar-refractivity contribution in [2.24, 2.45) is 5.73 Å². The predicted molar refractivity (Wildman–Crippen MR) is 92.5 cm³/mol. The van der Waals surface area contributed by atoms with Gasteiger partial charge in [-0.1, -0.05) is 23.9 Å². The maximum absolute atomic E-state index is 12.9. The molecule has 1 aromatic rings. The fourth-order valence-corrected chi connectivity index (χ4v) is 5.24. The fourth-order valence-electron chi connectivity index (χ4n) is 3.53. The first kappa shape index (κ1) is 18.6. The van der Waals surface area contributed by atoms with Gasteiger partial charge in [0.05, 0.1) is 4.75 Å². The second kappa shape index (κ2) is 5.95. The second-order valence-corrected chi connectivity index (χ2v) is 8.73. The Kier molecular flexibility index (Phi) is 4.26. The lowest BCUT2D eigenvalue weighted by Gasteiger charge is -2.54. The Labute approximate surface area is 153 Å². The minimum Gasteiger partial charge on any atom is -0.624 e. The van der Waals surface area contributed by atoms with Crippen molar-refractivity contribution in [1.29, 1.82) is 0 Å². The number of carboxylic acids is 1. The van der Waals surface area contributed by atoms with Crippen LogP contribution in [0, 0.1) is 5.21 Å². The van der Waals surface area contributed by atoms with Crippen molar-refractivity contribution in [3.05, 3.63) is 35.0 Å². The number of phenols is 1. The van der Waals surface area contributed by atoms with Crippen LogP contribution in [0.2, 0.25) is 0 Å². The molecule has 1 aromatic carbocycles. The molecule has 0 aromatic heterocycles. The van der Waals surface area contributed by atoms with Crippen LogP contribution in [-0.2, 0) is 14.4 Å². The van der Waals surface area contributed by atoms with E-state index >= 15 is 0 Å². The van der Waals surface area contributed by atoms with Gasteiger partial charge in [-0.15, -0.1) is 0 Å². The third-order valence-corrected chi connectivity index (χ3v) is 6.46. The molecule has 9 nitrogen and oxygen atoms in total. The predicted octanol–water partition coefficient (Wildman–Crippen LogP) is 0.0363. The van der Waals surface area contributed by atoms with Crippen molar-refractivity contribution >= 4 is 29.5 Å². The van der Waals surface area contributed by atoms with E-state index in [4.69, 9.17) is 5.73 Å². The van der Waals surface area contributed by atoms with E-state index in [9.17, 15) is 29.8 Å². The number of rotatable bonds is 4. The molecule has 5 atom stereocenters. The standard InChI is InChI=1S/C16H19N3O6S/c1-16(2)11(15(23)24)19(25)13(22)10(14(19)26-16)18-12(21)9(17)7-3-5-8(20)6-4-7/h3-6,9-11,14,20H,17H2,1-2H3,(H,18,21)(H,23,24)/t9-,10-,11+,14-,19?/m1/s1. The number of aromatic hydroxyl groups is 1. The number of amides is 2. The van der Waals surface area contributed by atoms with Crippen LogP contribution >= 0.6 is 11.8 Å². The average Bonchev–Trinajstić information content (AvgIpc) is 2.76. The van der Waals surface area contributed by atoms with Gasteiger partial charge in [-0.25, -0.2) is 9.59 Å². The number of benzene rings is 1. The van der Waals surface area contributed by atoms with Gasteiger partial charge in [-0.3, -0.25) is 9.44 Å². The number of nitrogens with two attached hydrogens (primary N) is 1. The number of nitrogens with one attached hydrogen (secondary N) is 1. The largest absolute Gasteiger partial charge is 0.624 e. The number of hydroxylamine groups is 3. The molecule has 0 aliphatic carbocycles. The first-order valence-corrected chi connectivity index (χ1v) is 8.77. The first-order chi connectivity index (χ1) is 12.0. The van der Waals surface area contributed by atoms with Crippen LogP contribution in [0.4, 0.5) is 0 Å². The van der Waals surface area contributed by atoms with Crippen LogP contribution in [0.3, 0.4) is 0 Å². The number of phenolic OH excluding ortho intramolecular Hbond substituents is 1. The molecule has 5 N–H and O–H groups in total. The molecule has 0 spiro atoms. The lowest BCUT2D eigenvalue weighted by Crippen LogP contribution is -2.79. The summed E-state index contributed by atoms with van der Waals surface area (Å²) in [4.78, 5) is 36.3. The average molecular weight is 381 g/mol. The molecule has 1 unspecified atom stereocenters. The van der Waals surface area contributed by atoms with E-state index in [1.165, 1.54) is 24.3 Å². The summed E-state index contributed by atoms with van der Waals surface area (Å²) < 4.78 is -2.43. The van der Waals surface area contributed by atoms with Crippen LogP contribution in [0.15, 0.2) is 24.3 Å². The first-order valence-electron chi connectivity index (χ1n) is 7.89. The van der Waals surface area contributed by atoms with Gasteiger partial charge in [-0.05, 0) is 31.5 Å². The number of hydrogen-bond acceptors (Lipinski definition) is 7. The number of nitrogens with zero attached hydrogens (tertiary/aromatic N) is 1. The molecule has 140 valence electrons. The van der Waals surface area contributed by atoms with Gasteiger partial charge in [0.2, 0.25) is 18.0 Å². The second-order valence-electron chi connectivity index (χ2n) is 6.96. The van der Waals surface area contributed by atoms with E-state index in [2.05, 4.69) is 5.32 Å². The third kappa shape index (κ3) is 2.57. The molecule has 2 amide bonds. The maximum Gasteiger partial charge on any atom is 0.364 e. The molecule has 2 heterocycles. The monoisotopic (exact) mass is 381 g/mol. The molecule has 2 saturated heterocycles. The summed E-state index contributed by atoms with van der Waals surface area (Å²) in [7, 11) is 0. The van der Waals surface area contributed by atoms with Gasteiger partial charge in [0.15, 0.2) is 5.37 Å². The van der Waals surface area contributed by atoms with E-state index < -0.39 is 50.7 Å². The lowest BCUT2D eigenvalue weighted by molar-refractivity contribution is -0.857. The van der Waals surface area contributed by atoms with E-state index in [1.54, 1.807) is 13.8 Å². The molecule has 0 bridgehead atoms. The number of aliphatic carboxylic acids is 1. The molecule has 26 heavy (non-hydrogen) atoms. The summed E-state index contributed by atoms with van der Waals surface area (Å²) in [6.07, 6.45) is 0. The summed E-state index contributed by atoms with van der Waals surface area (Å²) in [5, 5.41) is 33.1. The molecule has 10 heteroatoms. The number of carbonyl (C=O) groups excluding carboxylic acids is 2. The highest BCUT2D eigenvalue weighted by Gasteiger charge is 2.74. The van der Waals surface area contributed by atoms with Crippen molar-refractivity contribution in [2.75, 3.05) is 0 Å².